The second-order valence-corrected chi connectivity index (χ2v) is 3.62. The minimum atomic E-state index is 0.211. The molecular formula is C10H21NO2. The molecule has 2 N–H and O–H groups in total. The van der Waals surface area contributed by atoms with Gasteiger partial charge < -0.3 is 15.2 Å². The van der Waals surface area contributed by atoms with Gasteiger partial charge in [0.15, 0.2) is 0 Å². The minimum Gasteiger partial charge on any atom is -0.356 e. The summed E-state index contributed by atoms with van der Waals surface area (Å²) in [6.45, 7) is 3.08. The molecule has 13 heavy (non-hydrogen) atoms. The van der Waals surface area contributed by atoms with Crippen LogP contribution in [0.3, 0.4) is 0 Å². The van der Waals surface area contributed by atoms with Gasteiger partial charge in [0.1, 0.15) is 6.79 Å². The van der Waals surface area contributed by atoms with Gasteiger partial charge in [-0.2, -0.15) is 0 Å². The molecule has 1 aliphatic rings. The molecule has 0 aliphatic heterocycles. The Hall–Kier alpha value is -0.120. The molecular weight excluding hydrogens is 166 g/mol. The third-order valence-corrected chi connectivity index (χ3v) is 2.57. The lowest BCUT2D eigenvalue weighted by Crippen LogP contribution is -2.36. The summed E-state index contributed by atoms with van der Waals surface area (Å²) in [5.41, 5.74) is 5.98. The van der Waals surface area contributed by atoms with Crippen LogP contribution < -0.4 is 5.73 Å². The lowest BCUT2D eigenvalue weighted by Gasteiger charge is -2.21. The Morgan fingerprint density at radius 1 is 1.23 bits per heavy atom. The fraction of sp³-hybridized carbons (Fsp3) is 1.00. The van der Waals surface area contributed by atoms with Crippen LogP contribution in [-0.4, -0.2) is 25.5 Å². The zero-order valence-electron chi connectivity index (χ0n) is 8.50. The zero-order valence-corrected chi connectivity index (χ0v) is 8.50. The quantitative estimate of drug-likeness (QED) is 0.413. The first kappa shape index (κ1) is 11.0. The monoisotopic (exact) mass is 187 g/mol. The molecule has 2 atom stereocenters. The number of rotatable bonds is 4. The van der Waals surface area contributed by atoms with E-state index in [2.05, 4.69) is 0 Å². The molecule has 0 aromatic heterocycles. The molecule has 1 rings (SSSR count). The lowest BCUT2D eigenvalue weighted by atomic mass is 10.1. The first-order chi connectivity index (χ1) is 6.34. The Balaban J connectivity index is 2.19. The Morgan fingerprint density at radius 2 is 2.00 bits per heavy atom. The van der Waals surface area contributed by atoms with Crippen LogP contribution in [0.5, 0.6) is 0 Å². The van der Waals surface area contributed by atoms with E-state index in [1.54, 1.807) is 0 Å². The summed E-state index contributed by atoms with van der Waals surface area (Å²) in [7, 11) is 0. The average Bonchev–Trinajstić information content (AvgIpc) is 2.32. The van der Waals surface area contributed by atoms with Crippen LogP contribution >= 0.6 is 0 Å². The lowest BCUT2D eigenvalue weighted by molar-refractivity contribution is -0.0945. The van der Waals surface area contributed by atoms with Gasteiger partial charge in [0.05, 0.1) is 6.10 Å². The average molecular weight is 187 g/mol. The van der Waals surface area contributed by atoms with E-state index >= 15 is 0 Å². The van der Waals surface area contributed by atoms with E-state index in [0.717, 1.165) is 12.8 Å². The molecule has 3 nitrogen and oxygen atoms in total. The van der Waals surface area contributed by atoms with Gasteiger partial charge in [0.25, 0.3) is 0 Å². The maximum absolute atomic E-state index is 5.98. The third kappa shape index (κ3) is 4.07. The van der Waals surface area contributed by atoms with Gasteiger partial charge >= 0.3 is 0 Å². The Kier molecular flexibility index (Phi) is 5.35. The van der Waals surface area contributed by atoms with Gasteiger partial charge in [0, 0.05) is 12.6 Å². The highest BCUT2D eigenvalue weighted by atomic mass is 16.7. The summed E-state index contributed by atoms with van der Waals surface area (Å²) in [6.07, 6.45) is 6.18. The highest BCUT2D eigenvalue weighted by Gasteiger charge is 2.20. The second kappa shape index (κ2) is 6.35. The first-order valence-electron chi connectivity index (χ1n) is 5.29. The van der Waals surface area contributed by atoms with E-state index in [9.17, 15) is 0 Å². The first-order valence-corrected chi connectivity index (χ1v) is 5.29. The normalized spacial score (nSPS) is 30.0. The van der Waals surface area contributed by atoms with Crippen LogP contribution in [-0.2, 0) is 9.47 Å². The minimum absolute atomic E-state index is 0.211. The number of hydrogen-bond acceptors (Lipinski definition) is 3. The van der Waals surface area contributed by atoms with Crippen LogP contribution in [0, 0.1) is 0 Å². The fourth-order valence-corrected chi connectivity index (χ4v) is 1.73. The van der Waals surface area contributed by atoms with Gasteiger partial charge in [-0.15, -0.1) is 0 Å². The molecule has 2 unspecified atom stereocenters. The van der Waals surface area contributed by atoms with E-state index < -0.39 is 0 Å². The standard InChI is InChI=1S/C10H21NO2/c1-2-12-8-13-10-7-5-3-4-6-9(10)11/h9-10H,2-8,11H2,1H3. The zero-order chi connectivity index (χ0) is 9.52. The molecule has 1 fully saturated rings. The van der Waals surface area contributed by atoms with E-state index in [1.807, 2.05) is 6.92 Å². The van der Waals surface area contributed by atoms with Crippen molar-refractivity contribution in [3.8, 4) is 0 Å². The SMILES string of the molecule is CCOCOC1CCCCCC1N. The molecule has 1 aliphatic carbocycles. The Bertz CT molecular complexity index is 130. The van der Waals surface area contributed by atoms with Gasteiger partial charge in [0.2, 0.25) is 0 Å². The molecule has 0 amide bonds. The molecule has 0 saturated heterocycles. The summed E-state index contributed by atoms with van der Waals surface area (Å²) in [5.74, 6) is 0. The molecule has 1 saturated carbocycles. The van der Waals surface area contributed by atoms with E-state index in [-0.39, 0.29) is 12.1 Å². The fourth-order valence-electron chi connectivity index (χ4n) is 1.73. The van der Waals surface area contributed by atoms with Gasteiger partial charge in [-0.1, -0.05) is 19.3 Å². The maximum Gasteiger partial charge on any atom is 0.147 e. The molecule has 78 valence electrons. The van der Waals surface area contributed by atoms with E-state index in [4.69, 9.17) is 15.2 Å². The van der Waals surface area contributed by atoms with Crippen molar-refractivity contribution in [3.05, 3.63) is 0 Å². The van der Waals surface area contributed by atoms with Crippen molar-refractivity contribution < 1.29 is 9.47 Å². The van der Waals surface area contributed by atoms with Crippen LogP contribution in [0.25, 0.3) is 0 Å². The topological polar surface area (TPSA) is 44.5 Å². The number of ether oxygens (including phenoxy) is 2. The van der Waals surface area contributed by atoms with E-state index in [1.165, 1.54) is 19.3 Å². The molecule has 3 heteroatoms. The smallest absolute Gasteiger partial charge is 0.147 e. The maximum atomic E-state index is 5.98. The third-order valence-electron chi connectivity index (χ3n) is 2.57. The predicted octanol–water partition coefficient (Wildman–Crippen LogP) is 1.66. The van der Waals surface area contributed by atoms with Crippen LogP contribution in [0.1, 0.15) is 39.0 Å². The Labute approximate surface area is 80.6 Å². The molecule has 0 radical (unpaired) electrons. The molecule has 0 spiro atoms. The van der Waals surface area contributed by atoms with Crippen LogP contribution in [0.15, 0.2) is 0 Å². The van der Waals surface area contributed by atoms with Crippen molar-refractivity contribution in [1.82, 2.24) is 0 Å². The van der Waals surface area contributed by atoms with Crippen molar-refractivity contribution in [2.75, 3.05) is 13.4 Å². The van der Waals surface area contributed by atoms with Crippen LogP contribution in [0.2, 0.25) is 0 Å². The van der Waals surface area contributed by atoms with E-state index in [0.29, 0.717) is 13.4 Å². The van der Waals surface area contributed by atoms with Gasteiger partial charge in [-0.05, 0) is 19.8 Å². The second-order valence-electron chi connectivity index (χ2n) is 3.62. The van der Waals surface area contributed by atoms with Crippen molar-refractivity contribution in [2.45, 2.75) is 51.2 Å². The number of nitrogens with two attached hydrogens (primary N) is 1. The van der Waals surface area contributed by atoms with Gasteiger partial charge in [-0.25, -0.2) is 0 Å². The highest BCUT2D eigenvalue weighted by molar-refractivity contribution is 4.76. The van der Waals surface area contributed by atoms with Crippen molar-refractivity contribution in [1.29, 1.82) is 0 Å². The molecule has 0 aromatic carbocycles. The summed E-state index contributed by atoms with van der Waals surface area (Å²) in [6, 6.07) is 0.211. The largest absolute Gasteiger partial charge is 0.356 e. The molecule has 0 heterocycles. The van der Waals surface area contributed by atoms with Crippen molar-refractivity contribution in [3.63, 3.8) is 0 Å². The van der Waals surface area contributed by atoms with Gasteiger partial charge in [-0.3, -0.25) is 0 Å². The van der Waals surface area contributed by atoms with Crippen molar-refractivity contribution in [2.24, 2.45) is 5.73 Å². The summed E-state index contributed by atoms with van der Waals surface area (Å²) >= 11 is 0. The molecule has 0 aromatic rings. The summed E-state index contributed by atoms with van der Waals surface area (Å²) in [5, 5.41) is 0. The molecule has 0 bridgehead atoms. The number of hydrogen-bond donors (Lipinski definition) is 1. The summed E-state index contributed by atoms with van der Waals surface area (Å²) < 4.78 is 10.7. The van der Waals surface area contributed by atoms with Crippen molar-refractivity contribution >= 4 is 0 Å². The highest BCUT2D eigenvalue weighted by Crippen LogP contribution is 2.19. The predicted molar refractivity (Wildman–Crippen MR) is 52.4 cm³/mol. The summed E-state index contributed by atoms with van der Waals surface area (Å²) in [4.78, 5) is 0. The van der Waals surface area contributed by atoms with Crippen LogP contribution in [0.4, 0.5) is 0 Å². The Morgan fingerprint density at radius 3 is 2.77 bits per heavy atom.